The molecule has 8 nitrogen and oxygen atoms in total. The zero-order chi connectivity index (χ0) is 22.7. The van der Waals surface area contributed by atoms with Crippen molar-refractivity contribution in [1.82, 2.24) is 14.7 Å². The van der Waals surface area contributed by atoms with E-state index in [1.165, 1.54) is 24.2 Å². The first-order chi connectivity index (χ1) is 15.6. The predicted octanol–water partition coefficient (Wildman–Crippen LogP) is 3.53. The molecular weight excluding hydrogens is 406 g/mol. The minimum absolute atomic E-state index is 0.112. The lowest BCUT2D eigenvalue weighted by atomic mass is 10.1. The SMILES string of the molecule is CCCCCCCCN1C(=O)C2C(N=C3N(c4ccc(OCC)cc4)CCN32)N(C)C1=O. The molecule has 2 unspecified atom stereocenters. The van der Waals surface area contributed by atoms with Gasteiger partial charge in [-0.05, 0) is 37.6 Å². The molecule has 3 aliphatic rings. The zero-order valence-electron chi connectivity index (χ0n) is 19.5. The first-order valence-corrected chi connectivity index (χ1v) is 12.0. The van der Waals surface area contributed by atoms with Crippen LogP contribution in [0, 0.1) is 0 Å². The molecule has 1 aromatic carbocycles. The number of unbranched alkanes of at least 4 members (excludes halogenated alkanes) is 5. The van der Waals surface area contributed by atoms with E-state index in [0.29, 0.717) is 19.7 Å². The summed E-state index contributed by atoms with van der Waals surface area (Å²) in [6.45, 7) is 6.76. The maximum atomic E-state index is 13.4. The Morgan fingerprint density at radius 2 is 1.72 bits per heavy atom. The second-order valence-electron chi connectivity index (χ2n) is 8.71. The van der Waals surface area contributed by atoms with Gasteiger partial charge in [0.25, 0.3) is 5.91 Å². The van der Waals surface area contributed by atoms with Crippen molar-refractivity contribution < 1.29 is 14.3 Å². The summed E-state index contributed by atoms with van der Waals surface area (Å²) < 4.78 is 5.54. The van der Waals surface area contributed by atoms with Crippen LogP contribution in [-0.4, -0.2) is 78.1 Å². The van der Waals surface area contributed by atoms with E-state index in [1.54, 1.807) is 11.9 Å². The van der Waals surface area contributed by atoms with Crippen molar-refractivity contribution in [2.75, 3.05) is 38.2 Å². The van der Waals surface area contributed by atoms with Crippen LogP contribution < -0.4 is 9.64 Å². The Morgan fingerprint density at radius 3 is 2.44 bits per heavy atom. The smallest absolute Gasteiger partial charge is 0.328 e. The van der Waals surface area contributed by atoms with E-state index in [2.05, 4.69) is 16.7 Å². The molecule has 0 radical (unpaired) electrons. The Kier molecular flexibility index (Phi) is 6.86. The molecule has 3 heterocycles. The molecule has 3 amide bonds. The van der Waals surface area contributed by atoms with Gasteiger partial charge in [0, 0.05) is 32.4 Å². The molecule has 0 spiro atoms. The average molecular weight is 442 g/mol. The summed E-state index contributed by atoms with van der Waals surface area (Å²) in [4.78, 5) is 38.4. The highest BCUT2D eigenvalue weighted by Crippen LogP contribution is 2.34. The van der Waals surface area contributed by atoms with E-state index >= 15 is 0 Å². The van der Waals surface area contributed by atoms with Crippen molar-refractivity contribution in [2.45, 2.75) is 64.6 Å². The van der Waals surface area contributed by atoms with Crippen molar-refractivity contribution in [2.24, 2.45) is 4.99 Å². The number of hydrogen-bond donors (Lipinski definition) is 0. The minimum atomic E-state index is -0.462. The van der Waals surface area contributed by atoms with Crippen molar-refractivity contribution in [3.63, 3.8) is 0 Å². The third-order valence-corrected chi connectivity index (χ3v) is 6.57. The summed E-state index contributed by atoms with van der Waals surface area (Å²) in [5, 5.41) is 0. The van der Waals surface area contributed by atoms with Crippen LogP contribution >= 0.6 is 0 Å². The fraction of sp³-hybridized carbons (Fsp3) is 0.625. The number of likely N-dealkylation sites (N-methyl/N-ethyl adjacent to an activating group) is 1. The number of benzene rings is 1. The number of carbonyl (C=O) groups is 2. The number of amides is 3. The Balaban J connectivity index is 1.44. The van der Waals surface area contributed by atoms with E-state index in [9.17, 15) is 9.59 Å². The number of aliphatic imine (C=N–C) groups is 1. The summed E-state index contributed by atoms with van der Waals surface area (Å²) in [5.74, 6) is 1.50. The first kappa shape index (κ1) is 22.4. The molecule has 0 bridgehead atoms. The van der Waals surface area contributed by atoms with Crippen molar-refractivity contribution >= 4 is 23.6 Å². The summed E-state index contributed by atoms with van der Waals surface area (Å²) in [7, 11) is 1.76. The van der Waals surface area contributed by atoms with Crippen LogP contribution in [-0.2, 0) is 4.79 Å². The Morgan fingerprint density at radius 1 is 1.00 bits per heavy atom. The number of anilines is 1. The van der Waals surface area contributed by atoms with Crippen LogP contribution in [0.15, 0.2) is 29.3 Å². The highest BCUT2D eigenvalue weighted by molar-refractivity contribution is 6.07. The normalized spacial score (nSPS) is 22.4. The van der Waals surface area contributed by atoms with E-state index in [-0.39, 0.29) is 11.9 Å². The van der Waals surface area contributed by atoms with Gasteiger partial charge in [0.05, 0.1) is 6.61 Å². The molecule has 8 heteroatoms. The molecule has 2 atom stereocenters. The molecule has 3 aliphatic heterocycles. The number of nitrogens with zero attached hydrogens (tertiary/aromatic N) is 5. The third-order valence-electron chi connectivity index (χ3n) is 6.57. The van der Waals surface area contributed by atoms with Crippen LogP contribution in [0.5, 0.6) is 5.75 Å². The van der Waals surface area contributed by atoms with Gasteiger partial charge in [-0.15, -0.1) is 0 Å². The third kappa shape index (κ3) is 4.14. The van der Waals surface area contributed by atoms with E-state index in [1.807, 2.05) is 31.2 Å². The van der Waals surface area contributed by atoms with Crippen molar-refractivity contribution in [3.05, 3.63) is 24.3 Å². The second kappa shape index (κ2) is 9.79. The van der Waals surface area contributed by atoms with Crippen molar-refractivity contribution in [3.8, 4) is 5.75 Å². The second-order valence-corrected chi connectivity index (χ2v) is 8.71. The number of urea groups is 1. The van der Waals surface area contributed by atoms with Crippen molar-refractivity contribution in [1.29, 1.82) is 0 Å². The number of ether oxygens (including phenoxy) is 1. The molecular formula is C24H35N5O3. The Bertz CT molecular complexity index is 856. The molecule has 0 saturated carbocycles. The van der Waals surface area contributed by atoms with Crippen LogP contribution in [0.3, 0.4) is 0 Å². The van der Waals surface area contributed by atoms with Crippen LogP contribution in [0.4, 0.5) is 10.5 Å². The number of guanidine groups is 1. The van der Waals surface area contributed by atoms with E-state index in [0.717, 1.165) is 43.2 Å². The topological polar surface area (TPSA) is 68.7 Å². The molecule has 4 rings (SSSR count). The minimum Gasteiger partial charge on any atom is -0.494 e. The van der Waals surface area contributed by atoms with Crippen LogP contribution in [0.25, 0.3) is 0 Å². The average Bonchev–Trinajstić information content (AvgIpc) is 3.37. The molecule has 32 heavy (non-hydrogen) atoms. The van der Waals surface area contributed by atoms with E-state index in [4.69, 9.17) is 9.73 Å². The monoisotopic (exact) mass is 441 g/mol. The summed E-state index contributed by atoms with van der Waals surface area (Å²) >= 11 is 0. The zero-order valence-corrected chi connectivity index (χ0v) is 19.5. The molecule has 0 aliphatic carbocycles. The van der Waals surface area contributed by atoms with Gasteiger partial charge in [-0.2, -0.15) is 0 Å². The first-order valence-electron chi connectivity index (χ1n) is 12.0. The van der Waals surface area contributed by atoms with Gasteiger partial charge >= 0.3 is 6.03 Å². The van der Waals surface area contributed by atoms with Gasteiger partial charge in [-0.1, -0.05) is 39.0 Å². The largest absolute Gasteiger partial charge is 0.494 e. The quantitative estimate of drug-likeness (QED) is 0.520. The van der Waals surface area contributed by atoms with Crippen LogP contribution in [0.2, 0.25) is 0 Å². The van der Waals surface area contributed by atoms with Gasteiger partial charge in [0.1, 0.15) is 5.75 Å². The summed E-state index contributed by atoms with van der Waals surface area (Å²) in [6.07, 6.45) is 6.27. The summed E-state index contributed by atoms with van der Waals surface area (Å²) in [5.41, 5.74) is 1.01. The van der Waals surface area contributed by atoms with E-state index < -0.39 is 12.2 Å². The molecule has 0 N–H and O–H groups in total. The number of carbonyl (C=O) groups excluding carboxylic acids is 2. The number of fused-ring (bicyclic) bond motifs is 3. The molecule has 1 aromatic rings. The number of rotatable bonds is 10. The highest BCUT2D eigenvalue weighted by atomic mass is 16.5. The van der Waals surface area contributed by atoms with Crippen LogP contribution in [0.1, 0.15) is 52.4 Å². The fourth-order valence-electron chi connectivity index (χ4n) is 4.83. The van der Waals surface area contributed by atoms with Gasteiger partial charge in [-0.25, -0.2) is 9.79 Å². The van der Waals surface area contributed by atoms with Gasteiger partial charge in [0.2, 0.25) is 5.96 Å². The highest BCUT2D eigenvalue weighted by Gasteiger charge is 2.54. The lowest BCUT2D eigenvalue weighted by Crippen LogP contribution is -2.64. The lowest BCUT2D eigenvalue weighted by Gasteiger charge is -2.40. The molecule has 2 fully saturated rings. The maximum Gasteiger partial charge on any atom is 0.328 e. The molecule has 0 aromatic heterocycles. The van der Waals surface area contributed by atoms with Gasteiger partial charge in [0.15, 0.2) is 12.2 Å². The number of imide groups is 1. The molecule has 2 saturated heterocycles. The molecule has 174 valence electrons. The summed E-state index contributed by atoms with van der Waals surface area (Å²) in [6, 6.07) is 7.27. The Hall–Kier alpha value is -2.77. The maximum absolute atomic E-state index is 13.4. The van der Waals surface area contributed by atoms with Gasteiger partial charge < -0.3 is 19.4 Å². The van der Waals surface area contributed by atoms with Gasteiger partial charge in [-0.3, -0.25) is 9.69 Å². The standard InChI is InChI=1S/C24H35N5O3/c1-4-6-7-8-9-10-15-29-22(30)20-21(26(3)24(29)31)25-23-27(16-17-28(20)23)18-11-13-19(14-12-18)32-5-2/h11-14,20-21H,4-10,15-17H2,1-3H3. The lowest BCUT2D eigenvalue weighted by molar-refractivity contribution is -0.137. The number of hydrogen-bond acceptors (Lipinski definition) is 6. The fourth-order valence-corrected chi connectivity index (χ4v) is 4.83. The predicted molar refractivity (Wildman–Crippen MR) is 125 cm³/mol. The Labute approximate surface area is 190 Å².